The molecule has 10 heteroatoms. The van der Waals surface area contributed by atoms with E-state index in [4.69, 9.17) is 4.84 Å². The zero-order valence-electron chi connectivity index (χ0n) is 23.5. The molecule has 0 bridgehead atoms. The molecule has 2 aliphatic heterocycles. The molecular weight excluding hydrogens is 544 g/mol. The Morgan fingerprint density at radius 2 is 1.71 bits per heavy atom. The highest BCUT2D eigenvalue weighted by Gasteiger charge is 2.43. The number of amides is 2. The van der Waals surface area contributed by atoms with Gasteiger partial charge in [-0.2, -0.15) is 0 Å². The fraction of sp³-hybridized carbons (Fsp3) is 0.226. The summed E-state index contributed by atoms with van der Waals surface area (Å²) in [5, 5.41) is 2.27. The van der Waals surface area contributed by atoms with E-state index >= 15 is 8.78 Å². The number of fused-ring (bicyclic) bond motifs is 2. The van der Waals surface area contributed by atoms with Crippen molar-refractivity contribution in [2.45, 2.75) is 19.4 Å². The number of imide groups is 1. The summed E-state index contributed by atoms with van der Waals surface area (Å²) in [5.74, 6) is -4.52. The summed E-state index contributed by atoms with van der Waals surface area (Å²) in [6.45, 7) is 6.36. The Morgan fingerprint density at radius 3 is 2.27 bits per heavy atom. The van der Waals surface area contributed by atoms with Crippen molar-refractivity contribution < 1.29 is 32.6 Å². The molecule has 0 saturated carbocycles. The molecular formula is C31H30F2N3O4Si+. The normalized spacial score (nSPS) is 19.6. The molecule has 210 valence electrons. The standard InChI is InChI=1S/C31H30F2N3O4Si/c1-7-41(6)25-16-19(34(2)3)8-10-21(25)29(22-11-9-20(35(4)5)17-26(22)41)30-23(32)14-18(15-24(30)33)31(39)40-36-27(37)12-13-28(36)38/h7-11,14-17H,1,12-13H2,2-6H3/q+1. The third-order valence-corrected chi connectivity index (χ3v) is 11.7. The zero-order valence-corrected chi connectivity index (χ0v) is 24.5. The van der Waals surface area contributed by atoms with Crippen LogP contribution in [0.5, 0.6) is 0 Å². The van der Waals surface area contributed by atoms with E-state index in [9.17, 15) is 14.4 Å². The quantitative estimate of drug-likeness (QED) is 0.309. The number of halogens is 2. The van der Waals surface area contributed by atoms with Crippen LogP contribution in [0.4, 0.5) is 14.5 Å². The van der Waals surface area contributed by atoms with Gasteiger partial charge in [0, 0.05) is 50.3 Å². The molecule has 3 aliphatic rings. The SMILES string of the molecule is C=C[Si]1(C)C2=CC(=[N+](C)C)C=CC2=C(c2c(F)cc(C(=O)ON3C(=O)CCC3=O)cc2F)c2ccc(N(C)C)cc21. The van der Waals surface area contributed by atoms with E-state index in [2.05, 4.69) is 25.3 Å². The van der Waals surface area contributed by atoms with Crippen LogP contribution >= 0.6 is 0 Å². The maximum absolute atomic E-state index is 16.0. The molecule has 2 amide bonds. The number of anilines is 1. The predicted molar refractivity (Wildman–Crippen MR) is 155 cm³/mol. The molecule has 0 radical (unpaired) electrons. The van der Waals surface area contributed by atoms with E-state index in [1.54, 1.807) is 0 Å². The highest BCUT2D eigenvalue weighted by Crippen LogP contribution is 2.43. The Bertz CT molecular complexity index is 1640. The number of hydroxylamine groups is 2. The molecule has 0 aromatic heterocycles. The number of hydrogen-bond donors (Lipinski definition) is 0. The first-order valence-electron chi connectivity index (χ1n) is 13.1. The third-order valence-electron chi connectivity index (χ3n) is 7.81. The van der Waals surface area contributed by atoms with Crippen LogP contribution in [0.3, 0.4) is 0 Å². The van der Waals surface area contributed by atoms with Crippen LogP contribution in [0, 0.1) is 11.6 Å². The van der Waals surface area contributed by atoms with Gasteiger partial charge in [0.2, 0.25) is 0 Å². The lowest BCUT2D eigenvalue weighted by Crippen LogP contribution is -2.51. The number of nitrogens with zero attached hydrogens (tertiary/aromatic N) is 3. The molecule has 1 unspecified atom stereocenters. The molecule has 1 saturated heterocycles. The summed E-state index contributed by atoms with van der Waals surface area (Å²) in [4.78, 5) is 43.3. The number of rotatable bonds is 5. The van der Waals surface area contributed by atoms with Crippen LogP contribution < -0.4 is 10.1 Å². The summed E-state index contributed by atoms with van der Waals surface area (Å²) < 4.78 is 33.9. The van der Waals surface area contributed by atoms with Gasteiger partial charge in [-0.05, 0) is 51.9 Å². The van der Waals surface area contributed by atoms with Gasteiger partial charge < -0.3 is 9.74 Å². The highest BCUT2D eigenvalue weighted by molar-refractivity contribution is 7.02. The maximum atomic E-state index is 16.0. The lowest BCUT2D eigenvalue weighted by Gasteiger charge is -2.38. The minimum atomic E-state index is -2.58. The molecule has 0 N–H and O–H groups in total. The number of allylic oxidation sites excluding steroid dienone is 5. The van der Waals surface area contributed by atoms with Gasteiger partial charge in [0.25, 0.3) is 11.8 Å². The van der Waals surface area contributed by atoms with Crippen molar-refractivity contribution in [2.24, 2.45) is 0 Å². The van der Waals surface area contributed by atoms with Crippen molar-refractivity contribution >= 4 is 48.0 Å². The summed E-state index contributed by atoms with van der Waals surface area (Å²) in [6, 6.07) is 7.59. The molecule has 2 aromatic rings. The van der Waals surface area contributed by atoms with Crippen molar-refractivity contribution in [3.8, 4) is 0 Å². The Hall–Kier alpha value is -4.44. The molecule has 1 aliphatic carbocycles. The topological polar surface area (TPSA) is 69.9 Å². The van der Waals surface area contributed by atoms with Crippen molar-refractivity contribution in [1.29, 1.82) is 0 Å². The molecule has 2 heterocycles. The Balaban J connectivity index is 1.72. The van der Waals surface area contributed by atoms with Crippen LogP contribution in [-0.2, 0) is 14.4 Å². The first kappa shape index (κ1) is 28.1. The Labute approximate surface area is 238 Å². The lowest BCUT2D eigenvalue weighted by atomic mass is 9.88. The van der Waals surface area contributed by atoms with E-state index in [1.807, 2.05) is 67.7 Å². The van der Waals surface area contributed by atoms with Crippen molar-refractivity contribution in [3.05, 3.63) is 99.9 Å². The number of carbonyl (C=O) groups excluding carboxylic acids is 3. The van der Waals surface area contributed by atoms with Gasteiger partial charge in [-0.15, -0.1) is 11.6 Å². The highest BCUT2D eigenvalue weighted by atomic mass is 28.3. The molecule has 7 nitrogen and oxygen atoms in total. The fourth-order valence-electron chi connectivity index (χ4n) is 5.42. The summed E-state index contributed by atoms with van der Waals surface area (Å²) in [6.07, 6.45) is 5.65. The largest absolute Gasteiger partial charge is 0.378 e. The van der Waals surface area contributed by atoms with Crippen LogP contribution in [0.15, 0.2) is 71.6 Å². The number of carbonyl (C=O) groups is 3. The third kappa shape index (κ3) is 4.57. The van der Waals surface area contributed by atoms with E-state index in [-0.39, 0.29) is 18.4 Å². The smallest absolute Gasteiger partial charge is 0.364 e. The zero-order chi connectivity index (χ0) is 29.8. The predicted octanol–water partition coefficient (Wildman–Crippen LogP) is 3.83. The summed E-state index contributed by atoms with van der Waals surface area (Å²) in [7, 11) is 5.15. The molecule has 5 rings (SSSR count). The van der Waals surface area contributed by atoms with Gasteiger partial charge in [0.1, 0.15) is 33.8 Å². The second kappa shape index (κ2) is 10.2. The van der Waals surface area contributed by atoms with Crippen LogP contribution in [0.25, 0.3) is 5.57 Å². The van der Waals surface area contributed by atoms with Crippen molar-refractivity contribution in [1.82, 2.24) is 5.06 Å². The van der Waals surface area contributed by atoms with E-state index in [0.29, 0.717) is 21.8 Å². The molecule has 41 heavy (non-hydrogen) atoms. The summed E-state index contributed by atoms with van der Waals surface area (Å²) >= 11 is 0. The molecule has 2 aromatic carbocycles. The minimum absolute atomic E-state index is 0.0943. The van der Waals surface area contributed by atoms with Gasteiger partial charge in [0.05, 0.1) is 11.1 Å². The van der Waals surface area contributed by atoms with E-state index in [0.717, 1.165) is 33.9 Å². The number of hydrogen-bond acceptors (Lipinski definition) is 5. The monoisotopic (exact) mass is 574 g/mol. The Kier molecular flexibility index (Phi) is 6.98. The van der Waals surface area contributed by atoms with Crippen molar-refractivity contribution in [3.63, 3.8) is 0 Å². The number of benzene rings is 2. The molecule has 0 spiro atoms. The van der Waals surface area contributed by atoms with Gasteiger partial charge in [0.15, 0.2) is 5.71 Å². The maximum Gasteiger partial charge on any atom is 0.364 e. The van der Waals surface area contributed by atoms with Crippen LogP contribution in [0.1, 0.15) is 34.3 Å². The lowest BCUT2D eigenvalue weighted by molar-refractivity contribution is -0.462. The Morgan fingerprint density at radius 1 is 1.07 bits per heavy atom. The van der Waals surface area contributed by atoms with Crippen LogP contribution in [-0.4, -0.2) is 69.4 Å². The van der Waals surface area contributed by atoms with Crippen LogP contribution in [0.2, 0.25) is 6.55 Å². The second-order valence-corrected chi connectivity index (χ2v) is 14.7. The van der Waals surface area contributed by atoms with Gasteiger partial charge in [-0.3, -0.25) is 9.59 Å². The second-order valence-electron chi connectivity index (χ2n) is 10.8. The van der Waals surface area contributed by atoms with Crippen molar-refractivity contribution in [2.75, 3.05) is 33.1 Å². The van der Waals surface area contributed by atoms with Gasteiger partial charge >= 0.3 is 5.97 Å². The van der Waals surface area contributed by atoms with Gasteiger partial charge in [-0.25, -0.2) is 18.2 Å². The first-order valence-corrected chi connectivity index (χ1v) is 15.7. The summed E-state index contributed by atoms with van der Waals surface area (Å²) in [5.41, 5.74) is 4.89. The average molecular weight is 575 g/mol. The molecule has 1 fully saturated rings. The van der Waals surface area contributed by atoms with E-state index in [1.165, 1.54) is 0 Å². The van der Waals surface area contributed by atoms with Gasteiger partial charge in [-0.1, -0.05) is 18.3 Å². The average Bonchev–Trinajstić information content (AvgIpc) is 3.25. The molecule has 1 atom stereocenters. The minimum Gasteiger partial charge on any atom is -0.378 e. The first-order chi connectivity index (χ1) is 19.4. The fourth-order valence-corrected chi connectivity index (χ4v) is 8.58. The van der Waals surface area contributed by atoms with E-state index < -0.39 is 43.1 Å².